The highest BCUT2D eigenvalue weighted by Crippen LogP contribution is 2.31. The van der Waals surface area contributed by atoms with Gasteiger partial charge in [-0.05, 0) is 25.2 Å². The molecule has 0 radical (unpaired) electrons. The molecule has 0 aromatic rings. The zero-order chi connectivity index (χ0) is 12.7. The van der Waals surface area contributed by atoms with Crippen LogP contribution in [0.2, 0.25) is 0 Å². The second kappa shape index (κ2) is 4.49. The topological polar surface area (TPSA) is 106 Å². The molecule has 1 saturated carbocycles. The van der Waals surface area contributed by atoms with Crippen molar-refractivity contribution in [2.45, 2.75) is 30.6 Å². The molecule has 2 unspecified atom stereocenters. The summed E-state index contributed by atoms with van der Waals surface area (Å²) in [6.07, 6.45) is 2.30. The predicted molar refractivity (Wildman–Crippen MR) is 64.7 cm³/mol. The Morgan fingerprint density at radius 1 is 1.29 bits per heavy atom. The van der Waals surface area contributed by atoms with Gasteiger partial charge in [0.2, 0.25) is 10.0 Å². The Balaban J connectivity index is 1.90. The third-order valence-corrected chi connectivity index (χ3v) is 7.21. The van der Waals surface area contributed by atoms with E-state index in [-0.39, 0.29) is 30.5 Å². The highest BCUT2D eigenvalue weighted by Gasteiger charge is 2.37. The van der Waals surface area contributed by atoms with E-state index in [9.17, 15) is 16.8 Å². The smallest absolute Gasteiger partial charge is 0.215 e. The summed E-state index contributed by atoms with van der Waals surface area (Å²) in [4.78, 5) is 0. The Labute approximate surface area is 102 Å². The number of hydrogen-bond donors (Lipinski definition) is 2. The van der Waals surface area contributed by atoms with Crippen molar-refractivity contribution >= 4 is 19.9 Å². The Bertz CT molecular complexity index is 481. The Kier molecular flexibility index (Phi) is 3.50. The lowest BCUT2D eigenvalue weighted by molar-refractivity contribution is 0.539. The van der Waals surface area contributed by atoms with Crippen LogP contribution < -0.4 is 10.5 Å². The summed E-state index contributed by atoms with van der Waals surface area (Å²) in [5.74, 6) is 0.124. The minimum atomic E-state index is -3.54. The van der Waals surface area contributed by atoms with E-state index in [1.165, 1.54) is 0 Å². The fourth-order valence-corrected chi connectivity index (χ4v) is 6.15. The van der Waals surface area contributed by atoms with Crippen molar-refractivity contribution in [3.8, 4) is 0 Å². The zero-order valence-corrected chi connectivity index (χ0v) is 11.1. The normalized spacial score (nSPS) is 30.3. The Hall–Kier alpha value is -0.180. The quantitative estimate of drug-likeness (QED) is 0.661. The molecular formula is C9H18N2O4S2. The van der Waals surface area contributed by atoms with Crippen LogP contribution in [0.5, 0.6) is 0 Å². The summed E-state index contributed by atoms with van der Waals surface area (Å²) in [6, 6.07) is -0.150. The van der Waals surface area contributed by atoms with Crippen LogP contribution in [0.15, 0.2) is 0 Å². The van der Waals surface area contributed by atoms with Crippen LogP contribution in [-0.4, -0.2) is 46.2 Å². The zero-order valence-electron chi connectivity index (χ0n) is 9.50. The molecule has 1 aliphatic carbocycles. The van der Waals surface area contributed by atoms with Gasteiger partial charge < -0.3 is 5.73 Å². The summed E-state index contributed by atoms with van der Waals surface area (Å²) in [7, 11) is -6.71. The van der Waals surface area contributed by atoms with E-state index in [2.05, 4.69) is 4.72 Å². The summed E-state index contributed by atoms with van der Waals surface area (Å²) in [5, 5.41) is -0.807. The van der Waals surface area contributed by atoms with Gasteiger partial charge in [0.1, 0.15) is 0 Å². The van der Waals surface area contributed by atoms with Gasteiger partial charge in [-0.1, -0.05) is 0 Å². The van der Waals surface area contributed by atoms with E-state index < -0.39 is 25.1 Å². The maximum Gasteiger partial charge on any atom is 0.215 e. The summed E-state index contributed by atoms with van der Waals surface area (Å²) in [5.41, 5.74) is 5.79. The lowest BCUT2D eigenvalue weighted by Gasteiger charge is -2.15. The standard InChI is InChI=1S/C9H18N2O4S2/c10-9(7-1-2-7)5-11-17(14,15)8-3-4-16(12,13)6-8/h7-9,11H,1-6,10H2. The SMILES string of the molecule is NC(CNS(=O)(=O)C1CCS(=O)(=O)C1)C1CC1. The molecule has 0 spiro atoms. The van der Waals surface area contributed by atoms with Crippen LogP contribution >= 0.6 is 0 Å². The summed E-state index contributed by atoms with van der Waals surface area (Å²) >= 11 is 0. The van der Waals surface area contributed by atoms with Gasteiger partial charge in [0.05, 0.1) is 16.8 Å². The van der Waals surface area contributed by atoms with E-state index in [0.29, 0.717) is 5.92 Å². The van der Waals surface area contributed by atoms with Crippen molar-refractivity contribution in [3.63, 3.8) is 0 Å². The van der Waals surface area contributed by atoms with Crippen molar-refractivity contribution in [1.29, 1.82) is 0 Å². The van der Waals surface area contributed by atoms with Gasteiger partial charge in [0, 0.05) is 12.6 Å². The number of nitrogens with one attached hydrogen (secondary N) is 1. The molecule has 0 amide bonds. The first kappa shape index (κ1) is 13.3. The van der Waals surface area contributed by atoms with Crippen LogP contribution in [-0.2, 0) is 19.9 Å². The predicted octanol–water partition coefficient (Wildman–Crippen LogP) is -1.17. The molecule has 0 aromatic carbocycles. The van der Waals surface area contributed by atoms with E-state index in [1.54, 1.807) is 0 Å². The lowest BCUT2D eigenvalue weighted by atomic mass is 10.2. The van der Waals surface area contributed by atoms with Gasteiger partial charge in [0.15, 0.2) is 9.84 Å². The first-order valence-electron chi connectivity index (χ1n) is 5.75. The number of rotatable bonds is 5. The van der Waals surface area contributed by atoms with Crippen LogP contribution in [0, 0.1) is 5.92 Å². The fraction of sp³-hybridized carbons (Fsp3) is 1.00. The lowest BCUT2D eigenvalue weighted by Crippen LogP contribution is -2.42. The second-order valence-electron chi connectivity index (χ2n) is 4.92. The molecule has 3 N–H and O–H groups in total. The largest absolute Gasteiger partial charge is 0.326 e. The van der Waals surface area contributed by atoms with Gasteiger partial charge in [0.25, 0.3) is 0 Å². The monoisotopic (exact) mass is 282 g/mol. The fourth-order valence-electron chi connectivity index (χ4n) is 2.03. The molecule has 8 heteroatoms. The van der Waals surface area contributed by atoms with Crippen LogP contribution in [0.3, 0.4) is 0 Å². The molecule has 17 heavy (non-hydrogen) atoms. The number of sulfone groups is 1. The molecule has 2 atom stereocenters. The molecule has 2 aliphatic rings. The van der Waals surface area contributed by atoms with Crippen LogP contribution in [0.4, 0.5) is 0 Å². The van der Waals surface area contributed by atoms with Crippen molar-refractivity contribution in [2.75, 3.05) is 18.1 Å². The Morgan fingerprint density at radius 2 is 1.94 bits per heavy atom. The molecule has 0 aromatic heterocycles. The number of sulfonamides is 1. The molecule has 100 valence electrons. The first-order valence-corrected chi connectivity index (χ1v) is 9.11. The maximum atomic E-state index is 11.8. The van der Waals surface area contributed by atoms with Crippen molar-refractivity contribution in [3.05, 3.63) is 0 Å². The van der Waals surface area contributed by atoms with Crippen molar-refractivity contribution in [2.24, 2.45) is 11.7 Å². The van der Waals surface area contributed by atoms with Gasteiger partial charge in [-0.15, -0.1) is 0 Å². The molecule has 2 fully saturated rings. The molecule has 1 aliphatic heterocycles. The average molecular weight is 282 g/mol. The van der Waals surface area contributed by atoms with Crippen molar-refractivity contribution < 1.29 is 16.8 Å². The second-order valence-corrected chi connectivity index (χ2v) is 9.19. The van der Waals surface area contributed by atoms with Crippen LogP contribution in [0.25, 0.3) is 0 Å². The number of hydrogen-bond acceptors (Lipinski definition) is 5. The molecule has 1 saturated heterocycles. The van der Waals surface area contributed by atoms with Crippen molar-refractivity contribution in [1.82, 2.24) is 4.72 Å². The van der Waals surface area contributed by atoms with Crippen LogP contribution in [0.1, 0.15) is 19.3 Å². The van der Waals surface area contributed by atoms with Gasteiger partial charge >= 0.3 is 0 Å². The van der Waals surface area contributed by atoms with E-state index >= 15 is 0 Å². The third-order valence-electron chi connectivity index (χ3n) is 3.38. The average Bonchev–Trinajstić information content (AvgIpc) is 3.00. The van der Waals surface area contributed by atoms with E-state index in [1.807, 2.05) is 0 Å². The Morgan fingerprint density at radius 3 is 2.41 bits per heavy atom. The molecular weight excluding hydrogens is 264 g/mol. The molecule has 6 nitrogen and oxygen atoms in total. The highest BCUT2D eigenvalue weighted by molar-refractivity contribution is 7.95. The highest BCUT2D eigenvalue weighted by atomic mass is 32.2. The van der Waals surface area contributed by atoms with Gasteiger partial charge in [-0.2, -0.15) is 0 Å². The van der Waals surface area contributed by atoms with E-state index in [4.69, 9.17) is 5.73 Å². The molecule has 0 bridgehead atoms. The summed E-state index contributed by atoms with van der Waals surface area (Å²) in [6.45, 7) is 0.212. The number of nitrogens with two attached hydrogens (primary N) is 1. The minimum Gasteiger partial charge on any atom is -0.326 e. The third kappa shape index (κ3) is 3.40. The van der Waals surface area contributed by atoms with Gasteiger partial charge in [-0.3, -0.25) is 0 Å². The van der Waals surface area contributed by atoms with E-state index in [0.717, 1.165) is 12.8 Å². The summed E-state index contributed by atoms with van der Waals surface area (Å²) < 4.78 is 48.6. The first-order chi connectivity index (χ1) is 7.80. The molecule has 1 heterocycles. The van der Waals surface area contributed by atoms with Gasteiger partial charge in [-0.25, -0.2) is 21.6 Å². The molecule has 2 rings (SSSR count). The minimum absolute atomic E-state index is 0.0345. The maximum absolute atomic E-state index is 11.8.